The third-order valence-corrected chi connectivity index (χ3v) is 6.14. The summed E-state index contributed by atoms with van der Waals surface area (Å²) in [5.74, 6) is 0.603. The van der Waals surface area contributed by atoms with E-state index < -0.39 is 0 Å². The first-order valence-electron chi connectivity index (χ1n) is 7.04. The molecule has 0 amide bonds. The second-order valence-corrected chi connectivity index (χ2v) is 7.98. The third kappa shape index (κ3) is 2.01. The number of anilines is 1. The van der Waals surface area contributed by atoms with Crippen molar-refractivity contribution < 1.29 is 4.39 Å². The summed E-state index contributed by atoms with van der Waals surface area (Å²) in [7, 11) is 0. The number of hydrogen-bond donors (Lipinski definition) is 1. The minimum Gasteiger partial charge on any atom is -0.381 e. The fraction of sp³-hybridized carbons (Fsp3) is 0.625. The SMILES string of the molecule is CC12CCC(C1)C(C)(C)C2Nc1ccc(Br)c(F)c1. The summed E-state index contributed by atoms with van der Waals surface area (Å²) in [6.45, 7) is 7.10. The maximum absolute atomic E-state index is 13.6. The van der Waals surface area contributed by atoms with E-state index in [0.717, 1.165) is 11.6 Å². The molecule has 3 rings (SSSR count). The highest BCUT2D eigenvalue weighted by molar-refractivity contribution is 9.10. The Morgan fingerprint density at radius 1 is 1.32 bits per heavy atom. The van der Waals surface area contributed by atoms with E-state index in [-0.39, 0.29) is 11.2 Å². The van der Waals surface area contributed by atoms with Crippen LogP contribution in [0.2, 0.25) is 0 Å². The third-order valence-electron chi connectivity index (χ3n) is 5.50. The van der Waals surface area contributed by atoms with E-state index in [1.165, 1.54) is 19.3 Å². The summed E-state index contributed by atoms with van der Waals surface area (Å²) in [6.07, 6.45) is 3.94. The first-order valence-corrected chi connectivity index (χ1v) is 7.84. The van der Waals surface area contributed by atoms with Gasteiger partial charge in [-0.2, -0.15) is 0 Å². The molecule has 1 N–H and O–H groups in total. The van der Waals surface area contributed by atoms with E-state index in [1.807, 2.05) is 6.07 Å². The largest absolute Gasteiger partial charge is 0.381 e. The predicted octanol–water partition coefficient (Wildman–Crippen LogP) is 5.21. The standard InChI is InChI=1S/C16H21BrFN/c1-15(2)10-6-7-16(3,9-10)14(15)19-11-4-5-12(17)13(18)8-11/h4-5,8,10,14,19H,6-7,9H2,1-3H3. The van der Waals surface area contributed by atoms with Crippen LogP contribution in [0.3, 0.4) is 0 Å². The molecule has 19 heavy (non-hydrogen) atoms. The number of fused-ring (bicyclic) bond motifs is 2. The molecule has 0 aromatic heterocycles. The van der Waals surface area contributed by atoms with Crippen LogP contribution in [0.4, 0.5) is 10.1 Å². The molecule has 0 aliphatic heterocycles. The Balaban J connectivity index is 1.88. The number of rotatable bonds is 2. The van der Waals surface area contributed by atoms with Crippen LogP contribution >= 0.6 is 15.9 Å². The number of benzene rings is 1. The van der Waals surface area contributed by atoms with Gasteiger partial charge >= 0.3 is 0 Å². The lowest BCUT2D eigenvalue weighted by Crippen LogP contribution is -2.45. The van der Waals surface area contributed by atoms with Crippen molar-refractivity contribution in [3.63, 3.8) is 0 Å². The van der Waals surface area contributed by atoms with Gasteiger partial charge in [0.2, 0.25) is 0 Å². The molecule has 1 aromatic rings. The average molecular weight is 326 g/mol. The quantitative estimate of drug-likeness (QED) is 0.786. The van der Waals surface area contributed by atoms with Gasteiger partial charge < -0.3 is 5.32 Å². The number of nitrogens with one attached hydrogen (secondary N) is 1. The molecule has 3 heteroatoms. The smallest absolute Gasteiger partial charge is 0.139 e. The average Bonchev–Trinajstić information content (AvgIpc) is 2.80. The molecule has 2 saturated carbocycles. The van der Waals surface area contributed by atoms with E-state index in [9.17, 15) is 4.39 Å². The highest BCUT2D eigenvalue weighted by Crippen LogP contribution is 2.63. The van der Waals surface area contributed by atoms with Crippen molar-refractivity contribution in [3.05, 3.63) is 28.5 Å². The molecule has 3 unspecified atom stereocenters. The van der Waals surface area contributed by atoms with Gasteiger partial charge in [-0.15, -0.1) is 0 Å². The Bertz CT molecular complexity index is 509. The van der Waals surface area contributed by atoms with Gasteiger partial charge in [0.25, 0.3) is 0 Å². The number of hydrogen-bond acceptors (Lipinski definition) is 1. The monoisotopic (exact) mass is 325 g/mol. The van der Waals surface area contributed by atoms with Gasteiger partial charge in [0.05, 0.1) is 4.47 Å². The summed E-state index contributed by atoms with van der Waals surface area (Å²) >= 11 is 3.20. The first kappa shape index (κ1) is 13.4. The van der Waals surface area contributed by atoms with E-state index >= 15 is 0 Å². The zero-order valence-electron chi connectivity index (χ0n) is 11.8. The van der Waals surface area contributed by atoms with Crippen LogP contribution in [0.5, 0.6) is 0 Å². The van der Waals surface area contributed by atoms with Gasteiger partial charge in [0.1, 0.15) is 5.82 Å². The second kappa shape index (κ2) is 4.21. The Morgan fingerprint density at radius 2 is 2.05 bits per heavy atom. The fourth-order valence-corrected chi connectivity index (χ4v) is 4.66. The lowest BCUT2D eigenvalue weighted by Gasteiger charge is -2.43. The molecule has 3 atom stereocenters. The van der Waals surface area contributed by atoms with Crippen molar-refractivity contribution in [2.45, 2.75) is 46.1 Å². The van der Waals surface area contributed by atoms with Gasteiger partial charge in [-0.1, -0.05) is 20.8 Å². The van der Waals surface area contributed by atoms with Crippen LogP contribution < -0.4 is 5.32 Å². The van der Waals surface area contributed by atoms with Crippen molar-refractivity contribution in [3.8, 4) is 0 Å². The molecule has 0 spiro atoms. The highest BCUT2D eigenvalue weighted by atomic mass is 79.9. The fourth-order valence-electron chi connectivity index (χ4n) is 4.41. The van der Waals surface area contributed by atoms with E-state index in [2.05, 4.69) is 42.0 Å². The van der Waals surface area contributed by atoms with E-state index in [4.69, 9.17) is 0 Å². The van der Waals surface area contributed by atoms with Crippen molar-refractivity contribution in [1.82, 2.24) is 0 Å². The van der Waals surface area contributed by atoms with E-state index in [1.54, 1.807) is 12.1 Å². The maximum atomic E-state index is 13.6. The minimum absolute atomic E-state index is 0.198. The minimum atomic E-state index is -0.198. The Hall–Kier alpha value is -0.570. The predicted molar refractivity (Wildman–Crippen MR) is 80.7 cm³/mol. The summed E-state index contributed by atoms with van der Waals surface area (Å²) in [6, 6.07) is 5.76. The second-order valence-electron chi connectivity index (χ2n) is 7.12. The van der Waals surface area contributed by atoms with Crippen molar-refractivity contribution in [2.24, 2.45) is 16.7 Å². The van der Waals surface area contributed by atoms with Crippen LogP contribution in [0.25, 0.3) is 0 Å². The molecule has 2 fully saturated rings. The van der Waals surface area contributed by atoms with Crippen LogP contribution in [0.1, 0.15) is 40.0 Å². The van der Waals surface area contributed by atoms with Gasteiger partial charge in [0, 0.05) is 11.7 Å². The van der Waals surface area contributed by atoms with Crippen LogP contribution in [0, 0.1) is 22.6 Å². The number of halogens is 2. The molecule has 1 aromatic carbocycles. The molecule has 2 bridgehead atoms. The van der Waals surface area contributed by atoms with Crippen molar-refractivity contribution in [2.75, 3.05) is 5.32 Å². The lowest BCUT2D eigenvalue weighted by atomic mass is 9.68. The molecule has 0 radical (unpaired) electrons. The lowest BCUT2D eigenvalue weighted by molar-refractivity contribution is 0.155. The van der Waals surface area contributed by atoms with Crippen molar-refractivity contribution in [1.29, 1.82) is 0 Å². The zero-order valence-corrected chi connectivity index (χ0v) is 13.3. The normalized spacial score (nSPS) is 35.6. The molecule has 2 aliphatic carbocycles. The Morgan fingerprint density at radius 3 is 2.63 bits per heavy atom. The molecule has 104 valence electrons. The van der Waals surface area contributed by atoms with Crippen LogP contribution in [0.15, 0.2) is 22.7 Å². The van der Waals surface area contributed by atoms with Crippen LogP contribution in [-0.2, 0) is 0 Å². The molecular weight excluding hydrogens is 305 g/mol. The summed E-state index contributed by atoms with van der Waals surface area (Å²) in [5, 5.41) is 3.61. The van der Waals surface area contributed by atoms with Gasteiger partial charge in [0.15, 0.2) is 0 Å². The highest BCUT2D eigenvalue weighted by Gasteiger charge is 2.59. The Kier molecular flexibility index (Phi) is 2.97. The molecule has 0 saturated heterocycles. The molecular formula is C16H21BrFN. The molecule has 2 aliphatic rings. The van der Waals surface area contributed by atoms with Gasteiger partial charge in [-0.05, 0) is 70.1 Å². The maximum Gasteiger partial charge on any atom is 0.139 e. The summed E-state index contributed by atoms with van der Waals surface area (Å²) in [4.78, 5) is 0. The summed E-state index contributed by atoms with van der Waals surface area (Å²) in [5.41, 5.74) is 1.54. The summed E-state index contributed by atoms with van der Waals surface area (Å²) < 4.78 is 14.2. The van der Waals surface area contributed by atoms with Crippen molar-refractivity contribution >= 4 is 21.6 Å². The molecule has 1 nitrogen and oxygen atoms in total. The van der Waals surface area contributed by atoms with Crippen LogP contribution in [-0.4, -0.2) is 6.04 Å². The first-order chi connectivity index (χ1) is 8.83. The molecule has 0 heterocycles. The zero-order chi connectivity index (χ0) is 13.8. The Labute approximate surface area is 123 Å². The van der Waals surface area contributed by atoms with Gasteiger partial charge in [-0.25, -0.2) is 4.39 Å². The van der Waals surface area contributed by atoms with E-state index in [0.29, 0.717) is 15.9 Å². The van der Waals surface area contributed by atoms with Gasteiger partial charge in [-0.3, -0.25) is 0 Å². The topological polar surface area (TPSA) is 12.0 Å².